The average Bonchev–Trinajstić information content (AvgIpc) is 2.44. The normalized spacial score (nSPS) is 13.3. The highest BCUT2D eigenvalue weighted by molar-refractivity contribution is 5.79. The summed E-state index contributed by atoms with van der Waals surface area (Å²) in [6.07, 6.45) is 3.65. The SMILES string of the molecule is C=CCOC(C)(CC=C)C(=O)OCc1ccccc1. The Morgan fingerprint density at radius 2 is 1.95 bits per heavy atom. The molecule has 0 bridgehead atoms. The highest BCUT2D eigenvalue weighted by atomic mass is 16.6. The third-order valence-electron chi connectivity index (χ3n) is 2.70. The van der Waals surface area contributed by atoms with E-state index in [1.165, 1.54) is 0 Å². The molecule has 0 heterocycles. The number of carbonyl (C=O) groups is 1. The maximum atomic E-state index is 12.1. The Kier molecular flexibility index (Phi) is 6.03. The smallest absolute Gasteiger partial charge is 0.338 e. The standard InChI is InChI=1S/C16H20O3/c1-4-11-16(3,19-12-5-2)15(17)18-13-14-9-7-6-8-10-14/h4-10H,1-2,11-13H2,3H3. The Balaban J connectivity index is 2.61. The summed E-state index contributed by atoms with van der Waals surface area (Å²) in [4.78, 5) is 12.1. The molecular weight excluding hydrogens is 240 g/mol. The molecule has 1 aromatic rings. The van der Waals surface area contributed by atoms with E-state index in [4.69, 9.17) is 9.47 Å². The van der Waals surface area contributed by atoms with Crippen molar-refractivity contribution in [1.29, 1.82) is 0 Å². The van der Waals surface area contributed by atoms with Crippen LogP contribution >= 0.6 is 0 Å². The van der Waals surface area contributed by atoms with Crippen LogP contribution in [0.5, 0.6) is 0 Å². The lowest BCUT2D eigenvalue weighted by Crippen LogP contribution is -2.39. The monoisotopic (exact) mass is 260 g/mol. The molecule has 1 rings (SSSR count). The zero-order valence-corrected chi connectivity index (χ0v) is 11.3. The molecule has 102 valence electrons. The number of carbonyl (C=O) groups excluding carboxylic acids is 1. The fourth-order valence-corrected chi connectivity index (χ4v) is 1.60. The highest BCUT2D eigenvalue weighted by Crippen LogP contribution is 2.19. The van der Waals surface area contributed by atoms with E-state index in [9.17, 15) is 4.79 Å². The first-order valence-electron chi connectivity index (χ1n) is 6.19. The second-order valence-electron chi connectivity index (χ2n) is 4.39. The molecule has 0 saturated carbocycles. The van der Waals surface area contributed by atoms with Crippen LogP contribution in [0.25, 0.3) is 0 Å². The van der Waals surface area contributed by atoms with Gasteiger partial charge in [-0.3, -0.25) is 0 Å². The molecule has 0 radical (unpaired) electrons. The van der Waals surface area contributed by atoms with E-state index in [-0.39, 0.29) is 6.61 Å². The van der Waals surface area contributed by atoms with Gasteiger partial charge in [0.05, 0.1) is 6.61 Å². The van der Waals surface area contributed by atoms with Crippen LogP contribution in [0.1, 0.15) is 18.9 Å². The van der Waals surface area contributed by atoms with E-state index in [0.29, 0.717) is 13.0 Å². The molecule has 3 heteroatoms. The molecule has 1 unspecified atom stereocenters. The summed E-state index contributed by atoms with van der Waals surface area (Å²) in [6, 6.07) is 9.53. The van der Waals surface area contributed by atoms with Gasteiger partial charge in [0.25, 0.3) is 0 Å². The number of ether oxygens (including phenoxy) is 2. The van der Waals surface area contributed by atoms with Crippen molar-refractivity contribution < 1.29 is 14.3 Å². The van der Waals surface area contributed by atoms with E-state index in [2.05, 4.69) is 13.2 Å². The lowest BCUT2D eigenvalue weighted by Gasteiger charge is -2.26. The number of hydrogen-bond donors (Lipinski definition) is 0. The minimum Gasteiger partial charge on any atom is -0.459 e. The average molecular weight is 260 g/mol. The van der Waals surface area contributed by atoms with Crippen molar-refractivity contribution in [3.63, 3.8) is 0 Å². The number of esters is 1. The van der Waals surface area contributed by atoms with Crippen LogP contribution in [0.3, 0.4) is 0 Å². The van der Waals surface area contributed by atoms with Crippen molar-refractivity contribution in [3.05, 3.63) is 61.2 Å². The van der Waals surface area contributed by atoms with Crippen LogP contribution in [0.15, 0.2) is 55.6 Å². The Hall–Kier alpha value is -1.87. The zero-order chi connectivity index (χ0) is 14.1. The predicted molar refractivity (Wildman–Crippen MR) is 75.6 cm³/mol. The number of hydrogen-bond acceptors (Lipinski definition) is 3. The first-order valence-corrected chi connectivity index (χ1v) is 6.19. The van der Waals surface area contributed by atoms with Gasteiger partial charge in [-0.15, -0.1) is 13.2 Å². The predicted octanol–water partition coefficient (Wildman–Crippen LogP) is 3.27. The van der Waals surface area contributed by atoms with Gasteiger partial charge < -0.3 is 9.47 Å². The summed E-state index contributed by atoms with van der Waals surface area (Å²) in [6.45, 7) is 9.45. The molecule has 0 saturated heterocycles. The molecule has 0 N–H and O–H groups in total. The maximum absolute atomic E-state index is 12.1. The molecule has 0 spiro atoms. The Morgan fingerprint density at radius 3 is 2.53 bits per heavy atom. The van der Waals surface area contributed by atoms with Gasteiger partial charge in [0.1, 0.15) is 6.61 Å². The molecule has 0 aromatic heterocycles. The summed E-state index contributed by atoms with van der Waals surface area (Å²) < 4.78 is 10.8. The lowest BCUT2D eigenvalue weighted by molar-refractivity contribution is -0.170. The van der Waals surface area contributed by atoms with E-state index in [1.807, 2.05) is 30.3 Å². The van der Waals surface area contributed by atoms with E-state index in [0.717, 1.165) is 5.56 Å². The summed E-state index contributed by atoms with van der Waals surface area (Å²) in [7, 11) is 0. The van der Waals surface area contributed by atoms with E-state index in [1.54, 1.807) is 19.1 Å². The quantitative estimate of drug-likeness (QED) is 0.531. The summed E-state index contributed by atoms with van der Waals surface area (Å²) >= 11 is 0. The molecular formula is C16H20O3. The molecule has 1 atom stereocenters. The van der Waals surface area contributed by atoms with Crippen molar-refractivity contribution >= 4 is 5.97 Å². The minimum absolute atomic E-state index is 0.240. The minimum atomic E-state index is -1.01. The lowest BCUT2D eigenvalue weighted by atomic mass is 10.0. The second-order valence-corrected chi connectivity index (χ2v) is 4.39. The molecule has 0 fully saturated rings. The van der Waals surface area contributed by atoms with Gasteiger partial charge in [-0.1, -0.05) is 42.5 Å². The molecule has 0 aliphatic rings. The summed E-state index contributed by atoms with van der Waals surface area (Å²) in [5, 5.41) is 0. The van der Waals surface area contributed by atoms with Crippen LogP contribution in [0.2, 0.25) is 0 Å². The van der Waals surface area contributed by atoms with Crippen LogP contribution < -0.4 is 0 Å². The van der Waals surface area contributed by atoms with Crippen molar-refractivity contribution in [3.8, 4) is 0 Å². The second kappa shape index (κ2) is 7.54. The summed E-state index contributed by atoms with van der Waals surface area (Å²) in [5.41, 5.74) is -0.0643. The van der Waals surface area contributed by atoms with Crippen LogP contribution in [0.4, 0.5) is 0 Å². The third kappa shape index (κ3) is 4.72. The fourth-order valence-electron chi connectivity index (χ4n) is 1.60. The van der Waals surface area contributed by atoms with Crippen molar-refractivity contribution in [2.24, 2.45) is 0 Å². The van der Waals surface area contributed by atoms with Gasteiger partial charge >= 0.3 is 5.97 Å². The molecule has 19 heavy (non-hydrogen) atoms. The van der Waals surface area contributed by atoms with Gasteiger partial charge in [-0.25, -0.2) is 4.79 Å². The first-order chi connectivity index (χ1) is 9.12. The first kappa shape index (κ1) is 15.2. The zero-order valence-electron chi connectivity index (χ0n) is 11.3. The molecule has 0 aliphatic carbocycles. The third-order valence-corrected chi connectivity index (χ3v) is 2.70. The number of benzene rings is 1. The van der Waals surface area contributed by atoms with E-state index >= 15 is 0 Å². The maximum Gasteiger partial charge on any atom is 0.338 e. The Labute approximate surface area is 114 Å². The molecule has 0 aliphatic heterocycles. The largest absolute Gasteiger partial charge is 0.459 e. The van der Waals surface area contributed by atoms with Gasteiger partial charge in [-0.05, 0) is 12.5 Å². The number of rotatable bonds is 8. The van der Waals surface area contributed by atoms with Crippen LogP contribution in [-0.2, 0) is 20.9 Å². The van der Waals surface area contributed by atoms with Gasteiger partial charge in [0.15, 0.2) is 5.60 Å². The van der Waals surface area contributed by atoms with Gasteiger partial charge in [-0.2, -0.15) is 0 Å². The molecule has 1 aromatic carbocycles. The van der Waals surface area contributed by atoms with Crippen molar-refractivity contribution in [2.75, 3.05) is 6.61 Å². The summed E-state index contributed by atoms with van der Waals surface area (Å²) in [5.74, 6) is -0.391. The van der Waals surface area contributed by atoms with Gasteiger partial charge in [0.2, 0.25) is 0 Å². The molecule has 0 amide bonds. The van der Waals surface area contributed by atoms with E-state index < -0.39 is 11.6 Å². The van der Waals surface area contributed by atoms with Crippen molar-refractivity contribution in [1.82, 2.24) is 0 Å². The molecule has 3 nitrogen and oxygen atoms in total. The highest BCUT2D eigenvalue weighted by Gasteiger charge is 2.34. The Morgan fingerprint density at radius 1 is 1.26 bits per heavy atom. The van der Waals surface area contributed by atoms with Crippen LogP contribution in [-0.4, -0.2) is 18.2 Å². The Bertz CT molecular complexity index is 425. The topological polar surface area (TPSA) is 35.5 Å². The fraction of sp³-hybridized carbons (Fsp3) is 0.312. The van der Waals surface area contributed by atoms with Crippen LogP contribution in [0, 0.1) is 0 Å². The van der Waals surface area contributed by atoms with Gasteiger partial charge in [0, 0.05) is 6.42 Å². The van der Waals surface area contributed by atoms with Crippen molar-refractivity contribution in [2.45, 2.75) is 25.6 Å².